The Hall–Kier alpha value is -3.32. The molecule has 0 spiro atoms. The molecule has 7 heteroatoms. The summed E-state index contributed by atoms with van der Waals surface area (Å²) < 4.78 is 17.6. The van der Waals surface area contributed by atoms with E-state index in [1.165, 1.54) is 6.26 Å². The zero-order valence-corrected chi connectivity index (χ0v) is 18.3. The number of para-hydroxylation sites is 1. The van der Waals surface area contributed by atoms with Gasteiger partial charge in [-0.15, -0.1) is 0 Å². The number of amides is 1. The Labute approximate surface area is 186 Å². The average molecular weight is 435 g/mol. The van der Waals surface area contributed by atoms with Gasteiger partial charge in [0.25, 0.3) is 5.91 Å². The quantitative estimate of drug-likeness (QED) is 0.536. The van der Waals surface area contributed by atoms with Crippen molar-refractivity contribution in [3.05, 3.63) is 77.7 Å². The first-order valence-electron chi connectivity index (χ1n) is 10.1. The van der Waals surface area contributed by atoms with Gasteiger partial charge in [0.05, 0.1) is 19.4 Å². The highest BCUT2D eigenvalue weighted by atomic mass is 32.1. The van der Waals surface area contributed by atoms with Crippen LogP contribution in [0.25, 0.3) is 0 Å². The Balaban J connectivity index is 1.70. The zero-order chi connectivity index (χ0) is 21.8. The van der Waals surface area contributed by atoms with E-state index in [2.05, 4.69) is 0 Å². The monoisotopic (exact) mass is 434 g/mol. The summed E-state index contributed by atoms with van der Waals surface area (Å²) in [6, 6.07) is 16.8. The van der Waals surface area contributed by atoms with Gasteiger partial charge in [-0.2, -0.15) is 0 Å². The summed E-state index contributed by atoms with van der Waals surface area (Å²) >= 11 is 5.91. The summed E-state index contributed by atoms with van der Waals surface area (Å²) in [5, 5.41) is 0.373. The van der Waals surface area contributed by atoms with Crippen molar-refractivity contribution < 1.29 is 18.7 Å². The second-order valence-electron chi connectivity index (χ2n) is 7.98. The lowest BCUT2D eigenvalue weighted by Crippen LogP contribution is -2.67. The number of hydrogen-bond donors (Lipinski definition) is 0. The topological polar surface area (TPSA) is 55.2 Å². The van der Waals surface area contributed by atoms with Crippen molar-refractivity contribution in [1.29, 1.82) is 0 Å². The Morgan fingerprint density at radius 2 is 1.94 bits per heavy atom. The van der Waals surface area contributed by atoms with Crippen LogP contribution in [0.2, 0.25) is 0 Å². The van der Waals surface area contributed by atoms with Crippen LogP contribution in [0.4, 0.5) is 5.69 Å². The lowest BCUT2D eigenvalue weighted by atomic mass is 9.88. The van der Waals surface area contributed by atoms with E-state index in [1.807, 2.05) is 61.2 Å². The lowest BCUT2D eigenvalue weighted by molar-refractivity contribution is 0.0152. The van der Waals surface area contributed by atoms with Gasteiger partial charge in [-0.05, 0) is 56.4 Å². The van der Waals surface area contributed by atoms with Crippen LogP contribution >= 0.6 is 12.2 Å². The first-order chi connectivity index (χ1) is 14.9. The van der Waals surface area contributed by atoms with Crippen LogP contribution in [0.15, 0.2) is 65.3 Å². The standard InChI is InChI=1S/C24H22N2O4S/c1-15-9-11-16(12-10-15)26-23(31)25(22(27)20-8-5-13-29-20)18-14-24(26,2)30-21-17(18)6-4-7-19(21)28-3/h4-13,18H,14H2,1-3H3/t18-,24+/m1/s1. The number of methoxy groups -OCH3 is 1. The fraction of sp³-hybridized carbons (Fsp3) is 0.250. The molecule has 2 aliphatic heterocycles. The molecule has 1 fully saturated rings. The maximum atomic E-state index is 13.5. The van der Waals surface area contributed by atoms with Crippen LogP contribution in [-0.2, 0) is 0 Å². The van der Waals surface area contributed by atoms with E-state index >= 15 is 0 Å². The van der Waals surface area contributed by atoms with Crippen LogP contribution < -0.4 is 14.4 Å². The molecule has 1 saturated heterocycles. The van der Waals surface area contributed by atoms with Gasteiger partial charge >= 0.3 is 0 Å². The van der Waals surface area contributed by atoms with Gasteiger partial charge < -0.3 is 13.9 Å². The van der Waals surface area contributed by atoms with Crippen LogP contribution in [-0.4, -0.2) is 28.8 Å². The third kappa shape index (κ3) is 2.99. The number of rotatable bonds is 3. The van der Waals surface area contributed by atoms with Crippen molar-refractivity contribution >= 4 is 28.9 Å². The van der Waals surface area contributed by atoms with Gasteiger partial charge in [0.2, 0.25) is 0 Å². The summed E-state index contributed by atoms with van der Waals surface area (Å²) in [5.41, 5.74) is 2.06. The molecule has 6 nitrogen and oxygen atoms in total. The smallest absolute Gasteiger partial charge is 0.296 e. The van der Waals surface area contributed by atoms with E-state index in [0.717, 1.165) is 16.8 Å². The number of furan rings is 1. The Morgan fingerprint density at radius 1 is 1.16 bits per heavy atom. The third-order valence-corrected chi connectivity index (χ3v) is 6.29. The van der Waals surface area contributed by atoms with Crippen LogP contribution in [0.3, 0.4) is 0 Å². The van der Waals surface area contributed by atoms with E-state index in [0.29, 0.717) is 23.0 Å². The molecule has 2 aromatic carbocycles. The largest absolute Gasteiger partial charge is 0.493 e. The predicted octanol–water partition coefficient (Wildman–Crippen LogP) is 5.08. The fourth-order valence-electron chi connectivity index (χ4n) is 4.43. The normalized spacial score (nSPS) is 22.0. The summed E-state index contributed by atoms with van der Waals surface area (Å²) in [6.45, 7) is 4.03. The van der Waals surface area contributed by atoms with Crippen molar-refractivity contribution in [2.75, 3.05) is 12.0 Å². The number of anilines is 1. The highest BCUT2D eigenvalue weighted by molar-refractivity contribution is 7.80. The second kappa shape index (κ2) is 7.13. The fourth-order valence-corrected chi connectivity index (χ4v) is 4.94. The second-order valence-corrected chi connectivity index (χ2v) is 8.35. The number of thiocarbonyl (C=S) groups is 1. The molecule has 0 saturated carbocycles. The molecule has 2 atom stereocenters. The molecule has 3 heterocycles. The van der Waals surface area contributed by atoms with E-state index in [9.17, 15) is 4.79 Å². The van der Waals surface area contributed by atoms with Gasteiger partial charge in [-0.25, -0.2) is 0 Å². The summed E-state index contributed by atoms with van der Waals surface area (Å²) in [4.78, 5) is 17.1. The minimum atomic E-state index is -0.793. The molecule has 3 aromatic rings. The molecule has 0 N–H and O–H groups in total. The lowest BCUT2D eigenvalue weighted by Gasteiger charge is -2.55. The van der Waals surface area contributed by atoms with Gasteiger partial charge in [0.15, 0.2) is 28.1 Å². The Kier molecular flexibility index (Phi) is 4.51. The van der Waals surface area contributed by atoms with Gasteiger partial charge in [-0.3, -0.25) is 14.6 Å². The Bertz CT molecular complexity index is 1160. The summed E-state index contributed by atoms with van der Waals surface area (Å²) in [6.07, 6.45) is 2.02. The van der Waals surface area contributed by atoms with Gasteiger partial charge in [0.1, 0.15) is 0 Å². The average Bonchev–Trinajstić information content (AvgIpc) is 3.29. The molecule has 0 unspecified atom stereocenters. The van der Waals surface area contributed by atoms with E-state index in [4.69, 9.17) is 26.1 Å². The molecule has 158 valence electrons. The molecule has 1 amide bonds. The van der Waals surface area contributed by atoms with E-state index in [-0.39, 0.29) is 17.7 Å². The van der Waals surface area contributed by atoms with Gasteiger partial charge in [-0.1, -0.05) is 29.8 Å². The predicted molar refractivity (Wildman–Crippen MR) is 121 cm³/mol. The molecule has 2 bridgehead atoms. The third-order valence-electron chi connectivity index (χ3n) is 5.91. The van der Waals surface area contributed by atoms with E-state index < -0.39 is 5.72 Å². The first kappa shape index (κ1) is 19.6. The number of fused-ring (bicyclic) bond motifs is 4. The van der Waals surface area contributed by atoms with Crippen molar-refractivity contribution in [1.82, 2.24) is 4.90 Å². The summed E-state index contributed by atoms with van der Waals surface area (Å²) in [7, 11) is 1.61. The Morgan fingerprint density at radius 3 is 2.61 bits per heavy atom. The number of nitrogens with zero attached hydrogens (tertiary/aromatic N) is 2. The first-order valence-corrected chi connectivity index (χ1v) is 10.5. The van der Waals surface area contributed by atoms with Crippen molar-refractivity contribution in [3.63, 3.8) is 0 Å². The summed E-state index contributed by atoms with van der Waals surface area (Å²) in [5.74, 6) is 1.21. The number of hydrogen-bond acceptors (Lipinski definition) is 5. The molecular weight excluding hydrogens is 412 g/mol. The van der Waals surface area contributed by atoms with Crippen molar-refractivity contribution in [2.45, 2.75) is 32.0 Å². The molecular formula is C24H22N2O4S. The molecule has 31 heavy (non-hydrogen) atoms. The maximum Gasteiger partial charge on any atom is 0.296 e. The number of aryl methyl sites for hydroxylation is 1. The molecule has 0 aliphatic carbocycles. The number of ether oxygens (including phenoxy) is 2. The SMILES string of the molecule is COc1cccc2c1O[C@@]1(C)C[C@H]2N(C(=O)c2ccco2)C(=S)N1c1ccc(C)cc1. The van der Waals surface area contributed by atoms with Crippen molar-refractivity contribution in [3.8, 4) is 11.5 Å². The number of benzene rings is 2. The van der Waals surface area contributed by atoms with Crippen LogP contribution in [0, 0.1) is 6.92 Å². The number of carbonyl (C=O) groups excluding carboxylic acids is 1. The molecule has 0 radical (unpaired) electrons. The van der Waals surface area contributed by atoms with Crippen molar-refractivity contribution in [2.24, 2.45) is 0 Å². The molecule has 1 aromatic heterocycles. The van der Waals surface area contributed by atoms with Crippen LogP contribution in [0.5, 0.6) is 11.5 Å². The number of carbonyl (C=O) groups is 1. The zero-order valence-electron chi connectivity index (χ0n) is 17.5. The maximum absolute atomic E-state index is 13.5. The van der Waals surface area contributed by atoms with E-state index in [1.54, 1.807) is 24.1 Å². The highest BCUT2D eigenvalue weighted by Crippen LogP contribution is 2.52. The molecule has 2 aliphatic rings. The minimum Gasteiger partial charge on any atom is -0.493 e. The highest BCUT2D eigenvalue weighted by Gasteiger charge is 2.54. The van der Waals surface area contributed by atoms with Crippen LogP contribution in [0.1, 0.15) is 41.1 Å². The molecule has 5 rings (SSSR count). The van der Waals surface area contributed by atoms with Gasteiger partial charge in [0, 0.05) is 17.7 Å². The minimum absolute atomic E-state index is 0.241.